The van der Waals surface area contributed by atoms with Gasteiger partial charge in [-0.2, -0.15) is 4.98 Å². The Balaban J connectivity index is 1.26. The molecule has 2 amide bonds. The summed E-state index contributed by atoms with van der Waals surface area (Å²) in [5.41, 5.74) is 5.82. The van der Waals surface area contributed by atoms with Gasteiger partial charge in [-0.3, -0.25) is 14.5 Å². The number of aryl methyl sites for hydroxylation is 1. The van der Waals surface area contributed by atoms with Gasteiger partial charge in [-0.05, 0) is 67.4 Å². The lowest BCUT2D eigenvalue weighted by Gasteiger charge is -2.32. The topological polar surface area (TPSA) is 110 Å². The van der Waals surface area contributed by atoms with Crippen molar-refractivity contribution < 1.29 is 18.8 Å². The van der Waals surface area contributed by atoms with Gasteiger partial charge in [-0.15, -0.1) is 0 Å². The predicted molar refractivity (Wildman–Crippen MR) is 152 cm³/mol. The predicted octanol–water partition coefficient (Wildman–Crippen LogP) is 3.68. The molecule has 2 N–H and O–H groups in total. The Hall–Kier alpha value is -3.30. The summed E-state index contributed by atoms with van der Waals surface area (Å²) < 4.78 is 10.6. The maximum atomic E-state index is 13.0. The van der Waals surface area contributed by atoms with E-state index in [0.29, 0.717) is 43.9 Å². The number of nitrogens with one attached hydrogen (secondary N) is 2. The molecule has 3 aliphatic rings. The van der Waals surface area contributed by atoms with Gasteiger partial charge in [0.05, 0.1) is 25.0 Å². The highest BCUT2D eigenvalue weighted by molar-refractivity contribution is 5.83. The molecular weight excluding hydrogens is 506 g/mol. The lowest BCUT2D eigenvalue weighted by atomic mass is 9.87. The monoisotopic (exact) mass is 547 g/mol. The molecule has 1 aromatic heterocycles. The van der Waals surface area contributed by atoms with Gasteiger partial charge in [-0.25, -0.2) is 0 Å². The number of carbonyl (C=O) groups is 2. The van der Waals surface area contributed by atoms with Crippen LogP contribution in [0.25, 0.3) is 5.57 Å². The summed E-state index contributed by atoms with van der Waals surface area (Å²) >= 11 is 0. The van der Waals surface area contributed by atoms with Crippen LogP contribution in [0.1, 0.15) is 72.5 Å². The fourth-order valence-electron chi connectivity index (χ4n) is 6.38. The van der Waals surface area contributed by atoms with E-state index < -0.39 is 0 Å². The minimum absolute atomic E-state index is 0.000287. The number of amides is 2. The Kier molecular flexibility index (Phi) is 8.81. The molecule has 1 aliphatic heterocycles. The van der Waals surface area contributed by atoms with E-state index in [4.69, 9.17) is 9.26 Å². The van der Waals surface area contributed by atoms with Crippen molar-refractivity contribution in [2.24, 2.45) is 11.8 Å². The van der Waals surface area contributed by atoms with Crippen LogP contribution in [-0.4, -0.2) is 59.7 Å². The smallest absolute Gasteiger partial charge is 0.234 e. The first-order valence-corrected chi connectivity index (χ1v) is 14.4. The molecule has 2 aromatic rings. The van der Waals surface area contributed by atoms with Crippen molar-refractivity contribution in [2.45, 2.75) is 71.0 Å². The van der Waals surface area contributed by atoms with Crippen LogP contribution in [-0.2, 0) is 33.8 Å². The highest BCUT2D eigenvalue weighted by atomic mass is 16.5. The number of methoxy groups -OCH3 is 1. The van der Waals surface area contributed by atoms with E-state index in [1.54, 1.807) is 14.0 Å². The molecule has 2 fully saturated rings. The molecule has 0 spiro atoms. The molecule has 9 heteroatoms. The number of aromatic nitrogens is 2. The SMILES string of the molecule is C=C/C(=C\C)c1ccc(CNC(=O)C2CC2c2nc(C)no2)c2c1CCN(CC(=O)N[C@@H]1CCC[C@@H]1COC)C2. The number of hydrogen-bond acceptors (Lipinski definition) is 7. The van der Waals surface area contributed by atoms with Crippen molar-refractivity contribution in [3.05, 3.63) is 64.8 Å². The van der Waals surface area contributed by atoms with E-state index in [-0.39, 0.29) is 29.7 Å². The number of benzene rings is 1. The van der Waals surface area contributed by atoms with Crippen LogP contribution >= 0.6 is 0 Å². The molecule has 0 radical (unpaired) electrons. The second-order valence-electron chi connectivity index (χ2n) is 11.3. The van der Waals surface area contributed by atoms with Crippen molar-refractivity contribution in [1.82, 2.24) is 25.7 Å². The average Bonchev–Trinajstić information content (AvgIpc) is 3.45. The van der Waals surface area contributed by atoms with Gasteiger partial charge < -0.3 is 19.9 Å². The standard InChI is InChI=1S/C31H41N5O4/c1-5-20(6-2)23-11-10-21(15-32-30(38)25-14-26(25)31-33-19(3)35-40-31)27-16-36(13-12-24(23)27)17-29(37)34-28-9-7-8-22(28)18-39-4/h5-6,10-11,22,25-26,28H,1,7-9,12-18H2,2-4H3,(H,32,38)(H,34,37)/b20-6+/t22-,25?,26?,28-/m1/s1. The van der Waals surface area contributed by atoms with Crippen molar-refractivity contribution in [2.75, 3.05) is 26.8 Å². The summed E-state index contributed by atoms with van der Waals surface area (Å²) in [6.45, 7) is 10.8. The number of allylic oxidation sites excluding steroid dienone is 3. The molecule has 2 unspecified atom stereocenters. The molecule has 2 saturated carbocycles. The van der Waals surface area contributed by atoms with Crippen LogP contribution in [0.3, 0.4) is 0 Å². The Morgan fingerprint density at radius 1 is 1.27 bits per heavy atom. The van der Waals surface area contributed by atoms with Crippen molar-refractivity contribution >= 4 is 17.4 Å². The summed E-state index contributed by atoms with van der Waals surface area (Å²) in [5.74, 6) is 1.46. The number of fused-ring (bicyclic) bond motifs is 1. The van der Waals surface area contributed by atoms with E-state index >= 15 is 0 Å². The largest absolute Gasteiger partial charge is 0.384 e. The normalized spacial score (nSPS) is 24.4. The number of hydrogen-bond donors (Lipinski definition) is 2. The van der Waals surface area contributed by atoms with Crippen molar-refractivity contribution in [1.29, 1.82) is 0 Å². The summed E-state index contributed by atoms with van der Waals surface area (Å²) in [6.07, 6.45) is 8.76. The third-order valence-corrected chi connectivity index (χ3v) is 8.62. The fourth-order valence-corrected chi connectivity index (χ4v) is 6.38. The van der Waals surface area contributed by atoms with Gasteiger partial charge in [0.1, 0.15) is 0 Å². The van der Waals surface area contributed by atoms with E-state index in [1.807, 2.05) is 13.0 Å². The highest BCUT2D eigenvalue weighted by Gasteiger charge is 2.47. The average molecular weight is 548 g/mol. The zero-order valence-corrected chi connectivity index (χ0v) is 23.9. The summed E-state index contributed by atoms with van der Waals surface area (Å²) in [7, 11) is 1.72. The van der Waals surface area contributed by atoms with Gasteiger partial charge in [0.2, 0.25) is 17.7 Å². The van der Waals surface area contributed by atoms with Crippen LogP contribution in [0.15, 0.2) is 35.4 Å². The van der Waals surface area contributed by atoms with Crippen LogP contribution < -0.4 is 10.6 Å². The Morgan fingerprint density at radius 3 is 2.85 bits per heavy atom. The number of nitrogens with zero attached hydrogens (tertiary/aromatic N) is 3. The first-order chi connectivity index (χ1) is 19.4. The second-order valence-corrected chi connectivity index (χ2v) is 11.3. The molecule has 5 rings (SSSR count). The van der Waals surface area contributed by atoms with E-state index in [1.165, 1.54) is 16.7 Å². The minimum atomic E-state index is -0.136. The first-order valence-electron chi connectivity index (χ1n) is 14.4. The highest BCUT2D eigenvalue weighted by Crippen LogP contribution is 2.46. The van der Waals surface area contributed by atoms with Crippen molar-refractivity contribution in [3.8, 4) is 0 Å². The number of carbonyl (C=O) groups excluding carboxylic acids is 2. The lowest BCUT2D eigenvalue weighted by molar-refractivity contribution is -0.123. The summed E-state index contributed by atoms with van der Waals surface area (Å²) in [5, 5.41) is 10.3. The minimum Gasteiger partial charge on any atom is -0.384 e. The fraction of sp³-hybridized carbons (Fsp3) is 0.548. The molecule has 2 aliphatic carbocycles. The van der Waals surface area contributed by atoms with E-state index in [2.05, 4.69) is 50.5 Å². The molecule has 40 heavy (non-hydrogen) atoms. The summed E-state index contributed by atoms with van der Waals surface area (Å²) in [4.78, 5) is 32.5. The molecule has 0 saturated heterocycles. The molecule has 9 nitrogen and oxygen atoms in total. The van der Waals surface area contributed by atoms with Crippen LogP contribution in [0.2, 0.25) is 0 Å². The molecule has 1 aromatic carbocycles. The van der Waals surface area contributed by atoms with Gasteiger partial charge in [0, 0.05) is 38.7 Å². The van der Waals surface area contributed by atoms with Gasteiger partial charge >= 0.3 is 0 Å². The van der Waals surface area contributed by atoms with Crippen LogP contribution in [0.5, 0.6) is 0 Å². The first kappa shape index (κ1) is 28.2. The van der Waals surface area contributed by atoms with Gasteiger partial charge in [0.15, 0.2) is 5.82 Å². The van der Waals surface area contributed by atoms with Gasteiger partial charge in [-0.1, -0.05) is 42.4 Å². The zero-order valence-electron chi connectivity index (χ0n) is 23.9. The Morgan fingerprint density at radius 2 is 2.12 bits per heavy atom. The van der Waals surface area contributed by atoms with Crippen molar-refractivity contribution in [3.63, 3.8) is 0 Å². The maximum Gasteiger partial charge on any atom is 0.234 e. The van der Waals surface area contributed by atoms with Crippen LogP contribution in [0, 0.1) is 18.8 Å². The Bertz CT molecular complexity index is 1280. The van der Waals surface area contributed by atoms with Crippen LogP contribution in [0.4, 0.5) is 0 Å². The van der Waals surface area contributed by atoms with E-state index in [0.717, 1.165) is 49.8 Å². The third-order valence-electron chi connectivity index (χ3n) is 8.62. The van der Waals surface area contributed by atoms with Gasteiger partial charge in [0.25, 0.3) is 0 Å². The zero-order chi connectivity index (χ0) is 28.2. The quantitative estimate of drug-likeness (QED) is 0.413. The Labute approximate surface area is 236 Å². The molecule has 0 bridgehead atoms. The number of rotatable bonds is 11. The molecule has 214 valence electrons. The third kappa shape index (κ3) is 6.20. The number of ether oxygens (including phenoxy) is 1. The lowest BCUT2D eigenvalue weighted by Crippen LogP contribution is -2.45. The second kappa shape index (κ2) is 12.5. The molecule has 2 heterocycles. The maximum absolute atomic E-state index is 13.0. The molecule has 4 atom stereocenters. The van der Waals surface area contributed by atoms with E-state index in [9.17, 15) is 9.59 Å². The summed E-state index contributed by atoms with van der Waals surface area (Å²) in [6, 6.07) is 4.43. The molecular formula is C31H41N5O4.